The van der Waals surface area contributed by atoms with Crippen molar-refractivity contribution in [2.24, 2.45) is 0 Å². The summed E-state index contributed by atoms with van der Waals surface area (Å²) in [5.74, 6) is 0.714. The minimum atomic E-state index is -0.506. The summed E-state index contributed by atoms with van der Waals surface area (Å²) in [6, 6.07) is 7.54. The molecule has 0 fully saturated rings. The number of nitrogens with zero attached hydrogens (tertiary/aromatic N) is 2. The van der Waals surface area contributed by atoms with Gasteiger partial charge in [0.1, 0.15) is 5.69 Å². The highest BCUT2D eigenvalue weighted by molar-refractivity contribution is 5.91. The van der Waals surface area contributed by atoms with Gasteiger partial charge >= 0.3 is 6.09 Å². The van der Waals surface area contributed by atoms with Gasteiger partial charge in [-0.1, -0.05) is 6.07 Å². The Hall–Kier alpha value is -2.89. The molecule has 0 saturated carbocycles. The first-order valence-corrected chi connectivity index (χ1v) is 6.43. The summed E-state index contributed by atoms with van der Waals surface area (Å²) in [5.41, 5.74) is 3.28. The maximum absolute atomic E-state index is 11.3. The van der Waals surface area contributed by atoms with E-state index in [-0.39, 0.29) is 0 Å². The number of H-pyrrole nitrogens is 1. The molecular weight excluding hydrogens is 268 g/mol. The zero-order valence-corrected chi connectivity index (χ0v) is 11.7. The van der Waals surface area contributed by atoms with Gasteiger partial charge in [0.25, 0.3) is 0 Å². The van der Waals surface area contributed by atoms with E-state index in [2.05, 4.69) is 25.0 Å². The second kappa shape index (κ2) is 5.24. The van der Waals surface area contributed by atoms with E-state index in [9.17, 15) is 4.79 Å². The third kappa shape index (κ3) is 2.55. The molecule has 0 atom stereocenters. The van der Waals surface area contributed by atoms with E-state index in [0.29, 0.717) is 11.5 Å². The van der Waals surface area contributed by atoms with Crippen LogP contribution in [0.4, 0.5) is 10.5 Å². The van der Waals surface area contributed by atoms with Crippen molar-refractivity contribution in [2.45, 2.75) is 6.92 Å². The van der Waals surface area contributed by atoms with Gasteiger partial charge in [-0.3, -0.25) is 5.32 Å². The molecule has 6 heteroatoms. The number of hydrogen-bond donors (Lipinski definition) is 2. The number of anilines is 1. The molecule has 3 rings (SSSR count). The van der Waals surface area contributed by atoms with Crippen LogP contribution in [0.2, 0.25) is 0 Å². The summed E-state index contributed by atoms with van der Waals surface area (Å²) >= 11 is 0. The molecule has 0 unspecified atom stereocenters. The first-order valence-electron chi connectivity index (χ1n) is 6.43. The largest absolute Gasteiger partial charge is 0.453 e. The molecule has 0 bridgehead atoms. The number of imidazole rings is 1. The van der Waals surface area contributed by atoms with Crippen molar-refractivity contribution in [3.8, 4) is 11.5 Å². The summed E-state index contributed by atoms with van der Waals surface area (Å²) in [6.07, 6.45) is 2.94. The Kier molecular flexibility index (Phi) is 3.27. The van der Waals surface area contributed by atoms with Crippen LogP contribution in [0.5, 0.6) is 0 Å². The second-order valence-electron chi connectivity index (χ2n) is 4.61. The molecule has 0 radical (unpaired) electrons. The quantitative estimate of drug-likeness (QED) is 0.756. The smallest absolute Gasteiger partial charge is 0.411 e. The third-order valence-electron chi connectivity index (χ3n) is 3.19. The molecule has 3 aromatic rings. The number of rotatable bonds is 2. The number of ether oxygens (including phenoxy) is 1. The highest BCUT2D eigenvalue weighted by Crippen LogP contribution is 2.24. The highest BCUT2D eigenvalue weighted by atomic mass is 16.5. The first kappa shape index (κ1) is 13.1. The SMILES string of the molecule is COC(=O)Nc1ccc2c(C)cc(-c3ncc[nH]3)nc2c1. The number of amides is 1. The molecule has 0 aliphatic heterocycles. The van der Waals surface area contributed by atoms with E-state index in [1.807, 2.05) is 31.2 Å². The lowest BCUT2D eigenvalue weighted by Crippen LogP contribution is -2.10. The summed E-state index contributed by atoms with van der Waals surface area (Å²) < 4.78 is 4.59. The van der Waals surface area contributed by atoms with Crippen molar-refractivity contribution in [3.63, 3.8) is 0 Å². The lowest BCUT2D eigenvalue weighted by Gasteiger charge is -2.08. The fraction of sp³-hybridized carbons (Fsp3) is 0.133. The zero-order chi connectivity index (χ0) is 14.8. The van der Waals surface area contributed by atoms with Gasteiger partial charge in [0.2, 0.25) is 0 Å². The van der Waals surface area contributed by atoms with Gasteiger partial charge in [-0.05, 0) is 30.7 Å². The van der Waals surface area contributed by atoms with Gasteiger partial charge < -0.3 is 9.72 Å². The van der Waals surface area contributed by atoms with E-state index in [1.165, 1.54) is 7.11 Å². The summed E-state index contributed by atoms with van der Waals surface area (Å²) in [5, 5.41) is 3.66. The maximum atomic E-state index is 11.3. The first-order chi connectivity index (χ1) is 10.2. The number of aryl methyl sites for hydroxylation is 1. The molecule has 21 heavy (non-hydrogen) atoms. The Bertz CT molecular complexity index is 797. The Morgan fingerprint density at radius 2 is 2.19 bits per heavy atom. The molecule has 106 valence electrons. The Morgan fingerprint density at radius 1 is 1.33 bits per heavy atom. The van der Waals surface area contributed by atoms with Crippen LogP contribution in [0.15, 0.2) is 36.7 Å². The molecule has 0 spiro atoms. The molecule has 6 nitrogen and oxygen atoms in total. The number of fused-ring (bicyclic) bond motifs is 1. The Balaban J connectivity index is 2.08. The van der Waals surface area contributed by atoms with Gasteiger partial charge in [0, 0.05) is 23.5 Å². The highest BCUT2D eigenvalue weighted by Gasteiger charge is 2.08. The number of hydrogen-bond acceptors (Lipinski definition) is 4. The van der Waals surface area contributed by atoms with Crippen LogP contribution in [0.1, 0.15) is 5.56 Å². The van der Waals surface area contributed by atoms with Gasteiger partial charge in [-0.15, -0.1) is 0 Å². The predicted molar refractivity (Wildman–Crippen MR) is 80.1 cm³/mol. The molecule has 2 heterocycles. The monoisotopic (exact) mass is 282 g/mol. The number of benzene rings is 1. The third-order valence-corrected chi connectivity index (χ3v) is 3.19. The van der Waals surface area contributed by atoms with Crippen LogP contribution in [0, 0.1) is 6.92 Å². The van der Waals surface area contributed by atoms with Crippen LogP contribution >= 0.6 is 0 Å². The molecule has 1 aromatic carbocycles. The van der Waals surface area contributed by atoms with E-state index in [0.717, 1.165) is 22.2 Å². The minimum absolute atomic E-state index is 0.506. The van der Waals surface area contributed by atoms with E-state index in [1.54, 1.807) is 12.4 Å². The fourth-order valence-corrected chi connectivity index (χ4v) is 2.18. The predicted octanol–water partition coefficient (Wildman–Crippen LogP) is 3.11. The minimum Gasteiger partial charge on any atom is -0.453 e. The molecular formula is C15H14N4O2. The number of aromatic nitrogens is 3. The lowest BCUT2D eigenvalue weighted by atomic mass is 10.1. The van der Waals surface area contributed by atoms with Crippen molar-refractivity contribution < 1.29 is 9.53 Å². The number of pyridine rings is 1. The van der Waals surface area contributed by atoms with Gasteiger partial charge in [0.15, 0.2) is 5.82 Å². The van der Waals surface area contributed by atoms with Crippen molar-refractivity contribution in [1.82, 2.24) is 15.0 Å². The van der Waals surface area contributed by atoms with Gasteiger partial charge in [-0.25, -0.2) is 14.8 Å². The normalized spacial score (nSPS) is 10.6. The summed E-state index contributed by atoms with van der Waals surface area (Å²) in [7, 11) is 1.33. The van der Waals surface area contributed by atoms with Crippen LogP contribution in [-0.2, 0) is 4.74 Å². The zero-order valence-electron chi connectivity index (χ0n) is 11.7. The molecule has 0 saturated heterocycles. The van der Waals surface area contributed by atoms with Crippen LogP contribution < -0.4 is 5.32 Å². The van der Waals surface area contributed by atoms with Gasteiger partial charge in [0.05, 0.1) is 12.6 Å². The second-order valence-corrected chi connectivity index (χ2v) is 4.61. The summed E-state index contributed by atoms with van der Waals surface area (Å²) in [4.78, 5) is 23.1. The van der Waals surface area contributed by atoms with Crippen molar-refractivity contribution in [3.05, 3.63) is 42.2 Å². The number of carbonyl (C=O) groups is 1. The molecule has 2 N–H and O–H groups in total. The van der Waals surface area contributed by atoms with Crippen molar-refractivity contribution in [2.75, 3.05) is 12.4 Å². The number of methoxy groups -OCH3 is 1. The van der Waals surface area contributed by atoms with Crippen LogP contribution in [0.25, 0.3) is 22.4 Å². The summed E-state index contributed by atoms with van der Waals surface area (Å²) in [6.45, 7) is 2.02. The van der Waals surface area contributed by atoms with Crippen molar-refractivity contribution in [1.29, 1.82) is 0 Å². The van der Waals surface area contributed by atoms with Gasteiger partial charge in [-0.2, -0.15) is 0 Å². The van der Waals surface area contributed by atoms with E-state index in [4.69, 9.17) is 0 Å². The molecule has 0 aliphatic rings. The fourth-order valence-electron chi connectivity index (χ4n) is 2.18. The van der Waals surface area contributed by atoms with Crippen LogP contribution in [0.3, 0.4) is 0 Å². The number of aromatic amines is 1. The Labute approximate surface area is 121 Å². The number of nitrogens with one attached hydrogen (secondary N) is 2. The topological polar surface area (TPSA) is 79.9 Å². The maximum Gasteiger partial charge on any atom is 0.411 e. The average Bonchev–Trinajstić information content (AvgIpc) is 3.01. The molecule has 0 aliphatic carbocycles. The molecule has 2 aromatic heterocycles. The van der Waals surface area contributed by atoms with Crippen LogP contribution in [-0.4, -0.2) is 28.2 Å². The van der Waals surface area contributed by atoms with E-state index < -0.39 is 6.09 Å². The van der Waals surface area contributed by atoms with E-state index >= 15 is 0 Å². The van der Waals surface area contributed by atoms with Crippen molar-refractivity contribution >= 4 is 22.7 Å². The lowest BCUT2D eigenvalue weighted by molar-refractivity contribution is 0.187. The average molecular weight is 282 g/mol. The Morgan fingerprint density at radius 3 is 2.90 bits per heavy atom. The standard InChI is InChI=1S/C15H14N4O2/c1-9-7-13(14-16-5-6-17-14)19-12-8-10(3-4-11(9)12)18-15(20)21-2/h3-8H,1-2H3,(H,16,17)(H,18,20). The number of carbonyl (C=O) groups excluding carboxylic acids is 1. The molecule has 1 amide bonds.